The Labute approximate surface area is 155 Å². The summed E-state index contributed by atoms with van der Waals surface area (Å²) in [6.45, 7) is 0.246. The van der Waals surface area contributed by atoms with Gasteiger partial charge in [0.15, 0.2) is 0 Å². The molecule has 0 saturated carbocycles. The Hall–Kier alpha value is -3.62. The smallest absolute Gasteiger partial charge is 0.340 e. The van der Waals surface area contributed by atoms with E-state index < -0.39 is 22.5 Å². The van der Waals surface area contributed by atoms with Crippen molar-refractivity contribution in [2.45, 2.75) is 6.54 Å². The molecule has 0 aliphatic heterocycles. The molecule has 0 bridgehead atoms. The number of esters is 2. The molecule has 2 rings (SSSR count). The Morgan fingerprint density at radius 3 is 1.93 bits per heavy atom. The van der Waals surface area contributed by atoms with Crippen molar-refractivity contribution >= 4 is 23.3 Å². The SMILES string of the molecule is COC(=O)c1cc([N+](=O)[O-])cc(C(=O)OC)c1NCc1ccc(OC)cc1. The van der Waals surface area contributed by atoms with Crippen LogP contribution in [0.1, 0.15) is 26.3 Å². The van der Waals surface area contributed by atoms with Crippen molar-refractivity contribution in [2.24, 2.45) is 0 Å². The minimum Gasteiger partial charge on any atom is -0.497 e. The van der Waals surface area contributed by atoms with Crippen molar-refractivity contribution in [3.63, 3.8) is 0 Å². The summed E-state index contributed by atoms with van der Waals surface area (Å²) in [6.07, 6.45) is 0. The molecule has 1 N–H and O–H groups in total. The van der Waals surface area contributed by atoms with Crippen LogP contribution in [0.25, 0.3) is 0 Å². The average Bonchev–Trinajstić information content (AvgIpc) is 2.70. The molecule has 0 atom stereocenters. The number of benzene rings is 2. The molecule has 0 unspecified atom stereocenters. The Kier molecular flexibility index (Phi) is 6.32. The van der Waals surface area contributed by atoms with Gasteiger partial charge in [0.25, 0.3) is 5.69 Å². The topological polar surface area (TPSA) is 117 Å². The van der Waals surface area contributed by atoms with Gasteiger partial charge in [0, 0.05) is 18.7 Å². The number of ether oxygens (including phenoxy) is 3. The maximum absolute atomic E-state index is 12.1. The second-order valence-corrected chi connectivity index (χ2v) is 5.36. The molecular formula is C18H18N2O7. The fourth-order valence-corrected chi connectivity index (χ4v) is 2.40. The molecule has 0 aromatic heterocycles. The molecule has 0 saturated heterocycles. The maximum Gasteiger partial charge on any atom is 0.340 e. The molecular weight excluding hydrogens is 356 g/mol. The number of nitro benzene ring substituents is 1. The van der Waals surface area contributed by atoms with Crippen LogP contribution in [0.15, 0.2) is 36.4 Å². The van der Waals surface area contributed by atoms with Gasteiger partial charge in [-0.25, -0.2) is 9.59 Å². The number of hydrogen-bond acceptors (Lipinski definition) is 8. The average molecular weight is 374 g/mol. The summed E-state index contributed by atoms with van der Waals surface area (Å²) >= 11 is 0. The molecule has 2 aromatic carbocycles. The third-order valence-corrected chi connectivity index (χ3v) is 3.77. The van der Waals surface area contributed by atoms with Gasteiger partial charge in [-0.1, -0.05) is 12.1 Å². The summed E-state index contributed by atoms with van der Waals surface area (Å²) in [5, 5.41) is 14.1. The predicted molar refractivity (Wildman–Crippen MR) is 96.1 cm³/mol. The number of nitrogens with one attached hydrogen (secondary N) is 1. The molecule has 9 heteroatoms. The van der Waals surface area contributed by atoms with Crippen LogP contribution in [0.5, 0.6) is 5.75 Å². The first-order valence-electron chi connectivity index (χ1n) is 7.77. The van der Waals surface area contributed by atoms with Gasteiger partial charge in [0.1, 0.15) is 5.75 Å². The van der Waals surface area contributed by atoms with Crippen LogP contribution in [-0.4, -0.2) is 38.2 Å². The van der Waals surface area contributed by atoms with Crippen molar-refractivity contribution in [1.29, 1.82) is 0 Å². The zero-order chi connectivity index (χ0) is 20.0. The van der Waals surface area contributed by atoms with Crippen LogP contribution in [0.2, 0.25) is 0 Å². The largest absolute Gasteiger partial charge is 0.497 e. The van der Waals surface area contributed by atoms with Gasteiger partial charge in [-0.2, -0.15) is 0 Å². The molecule has 2 aromatic rings. The lowest BCUT2D eigenvalue weighted by molar-refractivity contribution is -0.384. The van der Waals surface area contributed by atoms with Crippen LogP contribution in [0.4, 0.5) is 11.4 Å². The fraction of sp³-hybridized carbons (Fsp3) is 0.222. The summed E-state index contributed by atoms with van der Waals surface area (Å²) in [7, 11) is 3.84. The van der Waals surface area contributed by atoms with Gasteiger partial charge in [0.05, 0.1) is 43.1 Å². The van der Waals surface area contributed by atoms with E-state index in [0.717, 1.165) is 31.9 Å². The first-order chi connectivity index (χ1) is 12.9. The number of carbonyl (C=O) groups excluding carboxylic acids is 2. The number of non-ortho nitro benzene ring substituents is 1. The highest BCUT2D eigenvalue weighted by molar-refractivity contribution is 6.05. The van der Waals surface area contributed by atoms with E-state index in [1.54, 1.807) is 31.4 Å². The van der Waals surface area contributed by atoms with Crippen LogP contribution in [-0.2, 0) is 16.0 Å². The number of carbonyl (C=O) groups is 2. The lowest BCUT2D eigenvalue weighted by atomic mass is 10.0. The maximum atomic E-state index is 12.1. The van der Waals surface area contributed by atoms with Crippen LogP contribution in [0, 0.1) is 10.1 Å². The van der Waals surface area contributed by atoms with Gasteiger partial charge >= 0.3 is 11.9 Å². The van der Waals surface area contributed by atoms with E-state index in [1.165, 1.54) is 0 Å². The Morgan fingerprint density at radius 2 is 1.52 bits per heavy atom. The highest BCUT2D eigenvalue weighted by atomic mass is 16.6. The second-order valence-electron chi connectivity index (χ2n) is 5.36. The number of hydrogen-bond donors (Lipinski definition) is 1. The number of anilines is 1. The summed E-state index contributed by atoms with van der Waals surface area (Å²) < 4.78 is 14.5. The first-order valence-corrected chi connectivity index (χ1v) is 7.77. The Bertz CT molecular complexity index is 826. The lowest BCUT2D eigenvalue weighted by Crippen LogP contribution is -2.15. The fourth-order valence-electron chi connectivity index (χ4n) is 2.40. The highest BCUT2D eigenvalue weighted by Crippen LogP contribution is 2.29. The van der Waals surface area contributed by atoms with Gasteiger partial charge in [-0.3, -0.25) is 10.1 Å². The van der Waals surface area contributed by atoms with Gasteiger partial charge in [-0.05, 0) is 17.7 Å². The Morgan fingerprint density at radius 1 is 1.00 bits per heavy atom. The highest BCUT2D eigenvalue weighted by Gasteiger charge is 2.25. The molecule has 0 aliphatic carbocycles. The molecule has 0 spiro atoms. The van der Waals surface area contributed by atoms with Crippen molar-refractivity contribution in [1.82, 2.24) is 0 Å². The number of nitrogens with zero attached hydrogens (tertiary/aromatic N) is 1. The normalized spacial score (nSPS) is 10.0. The molecule has 0 amide bonds. The summed E-state index contributed by atoms with van der Waals surface area (Å²) in [6, 6.07) is 9.22. The minimum absolute atomic E-state index is 0.0927. The summed E-state index contributed by atoms with van der Waals surface area (Å²) in [5.74, 6) is -0.957. The monoisotopic (exact) mass is 374 g/mol. The summed E-state index contributed by atoms with van der Waals surface area (Å²) in [4.78, 5) is 34.7. The van der Waals surface area contributed by atoms with Crippen LogP contribution in [0.3, 0.4) is 0 Å². The molecule has 0 heterocycles. The van der Waals surface area contributed by atoms with Crippen molar-refractivity contribution in [2.75, 3.05) is 26.6 Å². The quantitative estimate of drug-likeness (QED) is 0.447. The lowest BCUT2D eigenvalue weighted by Gasteiger charge is -2.15. The number of rotatable bonds is 7. The zero-order valence-corrected chi connectivity index (χ0v) is 15.0. The van der Waals surface area contributed by atoms with E-state index in [9.17, 15) is 19.7 Å². The third-order valence-electron chi connectivity index (χ3n) is 3.77. The van der Waals surface area contributed by atoms with E-state index in [4.69, 9.17) is 14.2 Å². The van der Waals surface area contributed by atoms with Crippen LogP contribution < -0.4 is 10.1 Å². The van der Waals surface area contributed by atoms with E-state index in [-0.39, 0.29) is 23.4 Å². The molecule has 0 radical (unpaired) electrons. The summed E-state index contributed by atoms with van der Waals surface area (Å²) in [5.41, 5.74) is 0.225. The van der Waals surface area contributed by atoms with Crippen molar-refractivity contribution in [3.8, 4) is 5.75 Å². The Balaban J connectivity index is 2.47. The number of nitro groups is 1. The van der Waals surface area contributed by atoms with Gasteiger partial charge in [-0.15, -0.1) is 0 Å². The van der Waals surface area contributed by atoms with Crippen molar-refractivity contribution < 1.29 is 28.7 Å². The second kappa shape index (κ2) is 8.65. The first kappa shape index (κ1) is 19.7. The molecule has 0 fully saturated rings. The van der Waals surface area contributed by atoms with Crippen molar-refractivity contribution in [3.05, 3.63) is 63.2 Å². The van der Waals surface area contributed by atoms with E-state index >= 15 is 0 Å². The molecule has 9 nitrogen and oxygen atoms in total. The minimum atomic E-state index is -0.818. The number of methoxy groups -OCH3 is 3. The van der Waals surface area contributed by atoms with Gasteiger partial charge < -0.3 is 19.5 Å². The predicted octanol–water partition coefficient (Wildman–Crippen LogP) is 2.79. The van der Waals surface area contributed by atoms with E-state index in [0.29, 0.717) is 5.75 Å². The standard InChI is InChI=1S/C18H18N2O7/c1-25-13-6-4-11(5-7-13)10-19-16-14(17(21)26-2)8-12(20(23)24)9-15(16)18(22)27-3/h4-9,19H,10H2,1-3H3. The van der Waals surface area contributed by atoms with E-state index in [2.05, 4.69) is 5.32 Å². The van der Waals surface area contributed by atoms with Crippen LogP contribution >= 0.6 is 0 Å². The molecule has 27 heavy (non-hydrogen) atoms. The van der Waals surface area contributed by atoms with Gasteiger partial charge in [0.2, 0.25) is 0 Å². The zero-order valence-electron chi connectivity index (χ0n) is 15.0. The third kappa shape index (κ3) is 4.51. The molecule has 142 valence electrons. The molecule has 0 aliphatic rings. The van der Waals surface area contributed by atoms with E-state index in [1.807, 2.05) is 0 Å².